The maximum Gasteiger partial charge on any atom is 0.241 e. The number of nitrogens with one attached hydrogen (secondary N) is 2. The van der Waals surface area contributed by atoms with Crippen molar-refractivity contribution in [2.24, 2.45) is 5.92 Å². The molecule has 3 heterocycles. The molecule has 10 heteroatoms. The summed E-state index contributed by atoms with van der Waals surface area (Å²) < 4.78 is 32.8. The minimum Gasteiger partial charge on any atom is -0.468 e. The quantitative estimate of drug-likeness (QED) is 0.519. The number of carbonyl (C=O) groups excluding carboxylic acids is 1. The fourth-order valence-electron chi connectivity index (χ4n) is 3.71. The average Bonchev–Trinajstić information content (AvgIpc) is 3.45. The van der Waals surface area contributed by atoms with Gasteiger partial charge in [-0.05, 0) is 63.2 Å². The van der Waals surface area contributed by atoms with Crippen LogP contribution in [0.1, 0.15) is 29.3 Å². The molecule has 4 rings (SSSR count). The van der Waals surface area contributed by atoms with E-state index >= 15 is 0 Å². The first-order valence-corrected chi connectivity index (χ1v) is 12.8. The number of thiazole rings is 1. The van der Waals surface area contributed by atoms with Gasteiger partial charge in [0.25, 0.3) is 0 Å². The summed E-state index contributed by atoms with van der Waals surface area (Å²) in [5, 5.41) is 6.03. The Morgan fingerprint density at radius 3 is 2.75 bits per heavy atom. The van der Waals surface area contributed by atoms with Gasteiger partial charge in [0.2, 0.25) is 15.9 Å². The number of nitrogens with zero attached hydrogens (tertiary/aromatic N) is 2. The van der Waals surface area contributed by atoms with E-state index in [0.717, 1.165) is 43.2 Å². The van der Waals surface area contributed by atoms with Crippen molar-refractivity contribution in [1.29, 1.82) is 0 Å². The first-order chi connectivity index (χ1) is 15.4. The molecule has 0 aliphatic carbocycles. The molecule has 8 nitrogen and oxygen atoms in total. The van der Waals surface area contributed by atoms with E-state index in [2.05, 4.69) is 25.3 Å². The molecule has 1 fully saturated rings. The summed E-state index contributed by atoms with van der Waals surface area (Å²) >= 11 is 1.65. The molecule has 3 aromatic rings. The van der Waals surface area contributed by atoms with E-state index in [1.54, 1.807) is 35.6 Å². The van der Waals surface area contributed by atoms with Crippen molar-refractivity contribution < 1.29 is 17.6 Å². The Labute approximate surface area is 191 Å². The van der Waals surface area contributed by atoms with Gasteiger partial charge in [-0.1, -0.05) is 6.07 Å². The van der Waals surface area contributed by atoms with Crippen molar-refractivity contribution in [3.8, 4) is 0 Å². The minimum atomic E-state index is -3.73. The maximum atomic E-state index is 12.8. The van der Waals surface area contributed by atoms with E-state index in [4.69, 9.17) is 4.42 Å². The Bertz CT molecular complexity index is 1150. The second-order valence-electron chi connectivity index (χ2n) is 7.83. The molecule has 0 bridgehead atoms. The SMILES string of the molecule is Cc1nc(CN2CCC(C(=O)Nc3cccc(S(=O)(=O)NCc4ccco4)c3)CC2)cs1. The minimum absolute atomic E-state index is 0.0605. The molecule has 2 N–H and O–H groups in total. The van der Waals surface area contributed by atoms with Crippen LogP contribution in [0.5, 0.6) is 0 Å². The molecule has 0 radical (unpaired) electrons. The Kier molecular flexibility index (Phi) is 7.04. The van der Waals surface area contributed by atoms with E-state index in [1.165, 1.54) is 18.4 Å². The lowest BCUT2D eigenvalue weighted by molar-refractivity contribution is -0.121. The van der Waals surface area contributed by atoms with Crippen molar-refractivity contribution in [3.63, 3.8) is 0 Å². The standard InChI is InChI=1S/C22H26N4O4S2/c1-16-24-19(15-31-16)14-26-9-7-17(8-10-26)22(27)25-18-4-2-6-21(12-18)32(28,29)23-13-20-5-3-11-30-20/h2-6,11-12,15,17,23H,7-10,13-14H2,1H3,(H,25,27). The molecular formula is C22H26N4O4S2. The zero-order valence-corrected chi connectivity index (χ0v) is 19.4. The van der Waals surface area contributed by atoms with Crippen LogP contribution in [0, 0.1) is 12.8 Å². The number of sulfonamides is 1. The Morgan fingerprint density at radius 1 is 1.25 bits per heavy atom. The number of aromatic nitrogens is 1. The lowest BCUT2D eigenvalue weighted by Crippen LogP contribution is -2.37. The number of anilines is 1. The number of likely N-dealkylation sites (tertiary alicyclic amines) is 1. The van der Waals surface area contributed by atoms with E-state index in [-0.39, 0.29) is 23.3 Å². The van der Waals surface area contributed by atoms with Gasteiger partial charge in [-0.2, -0.15) is 0 Å². The molecule has 32 heavy (non-hydrogen) atoms. The fourth-order valence-corrected chi connectivity index (χ4v) is 5.35. The predicted octanol–water partition coefficient (Wildman–Crippen LogP) is 3.37. The van der Waals surface area contributed by atoms with E-state index in [0.29, 0.717) is 11.4 Å². The summed E-state index contributed by atoms with van der Waals surface area (Å²) in [5.74, 6) is 0.349. The average molecular weight is 475 g/mol. The van der Waals surface area contributed by atoms with Crippen LogP contribution in [0.15, 0.2) is 57.4 Å². The van der Waals surface area contributed by atoms with Gasteiger partial charge in [-0.25, -0.2) is 18.1 Å². The normalized spacial score (nSPS) is 15.7. The van der Waals surface area contributed by atoms with Crippen LogP contribution in [0.2, 0.25) is 0 Å². The highest BCUT2D eigenvalue weighted by Gasteiger charge is 2.25. The fraction of sp³-hybridized carbons (Fsp3) is 0.364. The van der Waals surface area contributed by atoms with Crippen LogP contribution in [0.25, 0.3) is 0 Å². The Balaban J connectivity index is 1.31. The maximum absolute atomic E-state index is 12.8. The van der Waals surface area contributed by atoms with Gasteiger partial charge in [0.1, 0.15) is 5.76 Å². The number of carbonyl (C=O) groups is 1. The highest BCUT2D eigenvalue weighted by atomic mass is 32.2. The van der Waals surface area contributed by atoms with Crippen LogP contribution in [0.4, 0.5) is 5.69 Å². The molecule has 1 aromatic carbocycles. The second-order valence-corrected chi connectivity index (χ2v) is 10.7. The molecule has 1 aliphatic rings. The van der Waals surface area contributed by atoms with Gasteiger partial charge < -0.3 is 9.73 Å². The number of aryl methyl sites for hydroxylation is 1. The molecule has 2 aromatic heterocycles. The highest BCUT2D eigenvalue weighted by molar-refractivity contribution is 7.89. The first kappa shape index (κ1) is 22.7. The van der Waals surface area contributed by atoms with Crippen molar-refractivity contribution in [2.75, 3.05) is 18.4 Å². The molecule has 1 saturated heterocycles. The molecule has 0 spiro atoms. The number of benzene rings is 1. The van der Waals surface area contributed by atoms with Gasteiger partial charge in [0.15, 0.2) is 0 Å². The summed E-state index contributed by atoms with van der Waals surface area (Å²) in [4.78, 5) is 19.7. The Hall–Kier alpha value is -2.53. The van der Waals surface area contributed by atoms with E-state index in [9.17, 15) is 13.2 Å². The summed E-state index contributed by atoms with van der Waals surface area (Å²) in [5.41, 5.74) is 1.55. The first-order valence-electron chi connectivity index (χ1n) is 10.5. The van der Waals surface area contributed by atoms with Crippen LogP contribution >= 0.6 is 11.3 Å². The van der Waals surface area contributed by atoms with Crippen molar-refractivity contribution in [2.45, 2.75) is 37.8 Å². The molecule has 0 atom stereocenters. The molecule has 1 aliphatic heterocycles. The van der Waals surface area contributed by atoms with Crippen LogP contribution < -0.4 is 10.0 Å². The lowest BCUT2D eigenvalue weighted by Gasteiger charge is -2.30. The highest BCUT2D eigenvalue weighted by Crippen LogP contribution is 2.22. The number of amides is 1. The van der Waals surface area contributed by atoms with E-state index in [1.807, 2.05) is 6.92 Å². The largest absolute Gasteiger partial charge is 0.468 e. The molecule has 0 saturated carbocycles. The topological polar surface area (TPSA) is 105 Å². The van der Waals surface area contributed by atoms with Gasteiger partial charge >= 0.3 is 0 Å². The smallest absolute Gasteiger partial charge is 0.241 e. The number of furan rings is 1. The molecular weight excluding hydrogens is 448 g/mol. The summed E-state index contributed by atoms with van der Waals surface area (Å²) in [7, 11) is -3.73. The van der Waals surface area contributed by atoms with Gasteiger partial charge in [0.05, 0.1) is 28.4 Å². The predicted molar refractivity (Wildman–Crippen MR) is 123 cm³/mol. The zero-order valence-electron chi connectivity index (χ0n) is 17.8. The van der Waals surface area contributed by atoms with Gasteiger partial charge in [0, 0.05) is 23.5 Å². The lowest BCUT2D eigenvalue weighted by atomic mass is 9.95. The van der Waals surface area contributed by atoms with Gasteiger partial charge in [-0.3, -0.25) is 9.69 Å². The summed E-state index contributed by atoms with van der Waals surface area (Å²) in [6, 6.07) is 9.69. The third kappa shape index (κ3) is 5.83. The molecule has 0 unspecified atom stereocenters. The van der Waals surface area contributed by atoms with Crippen molar-refractivity contribution >= 4 is 33.0 Å². The zero-order chi connectivity index (χ0) is 22.6. The van der Waals surface area contributed by atoms with E-state index < -0.39 is 10.0 Å². The van der Waals surface area contributed by atoms with Crippen molar-refractivity contribution in [3.05, 3.63) is 64.5 Å². The molecule has 1 amide bonds. The number of piperidine rings is 1. The third-order valence-electron chi connectivity index (χ3n) is 5.44. The van der Waals surface area contributed by atoms with Crippen LogP contribution in [0.3, 0.4) is 0 Å². The number of rotatable bonds is 8. The van der Waals surface area contributed by atoms with Crippen LogP contribution in [-0.2, 0) is 27.9 Å². The summed E-state index contributed by atoms with van der Waals surface area (Å²) in [6.45, 7) is 4.54. The van der Waals surface area contributed by atoms with Crippen molar-refractivity contribution in [1.82, 2.24) is 14.6 Å². The summed E-state index contributed by atoms with van der Waals surface area (Å²) in [6.07, 6.45) is 3.01. The monoisotopic (exact) mass is 474 g/mol. The molecule has 170 valence electrons. The number of hydrogen-bond acceptors (Lipinski definition) is 7. The Morgan fingerprint density at radius 2 is 2.06 bits per heavy atom. The van der Waals surface area contributed by atoms with Crippen LogP contribution in [-0.4, -0.2) is 37.3 Å². The van der Waals surface area contributed by atoms with Gasteiger partial charge in [-0.15, -0.1) is 11.3 Å². The third-order valence-corrected chi connectivity index (χ3v) is 7.66. The number of hydrogen-bond donors (Lipinski definition) is 2. The second kappa shape index (κ2) is 9.95.